The summed E-state index contributed by atoms with van der Waals surface area (Å²) in [6.45, 7) is 2.45. The number of hydrogen-bond donors (Lipinski definition) is 0. The van der Waals surface area contributed by atoms with E-state index in [2.05, 4.69) is 25.1 Å². The van der Waals surface area contributed by atoms with Crippen LogP contribution in [0.1, 0.15) is 36.0 Å². The van der Waals surface area contributed by atoms with E-state index >= 15 is 0 Å². The van der Waals surface area contributed by atoms with Crippen molar-refractivity contribution in [1.82, 2.24) is 25.4 Å². The number of carbonyl (C=O) groups excluding carboxylic acids is 1. The molecule has 1 aliphatic carbocycles. The lowest BCUT2D eigenvalue weighted by molar-refractivity contribution is -0.132. The molecule has 1 saturated carbocycles. The van der Waals surface area contributed by atoms with Crippen LogP contribution in [0.2, 0.25) is 0 Å². The van der Waals surface area contributed by atoms with E-state index in [4.69, 9.17) is 4.52 Å². The first kappa shape index (κ1) is 17.0. The summed E-state index contributed by atoms with van der Waals surface area (Å²) in [6.07, 6.45) is 1.94. The second kappa shape index (κ2) is 6.50. The summed E-state index contributed by atoms with van der Waals surface area (Å²) in [6, 6.07) is 6.18. The second-order valence-electron chi connectivity index (χ2n) is 7.47. The molecule has 9 heteroatoms. The van der Waals surface area contributed by atoms with Gasteiger partial charge in [0.15, 0.2) is 0 Å². The van der Waals surface area contributed by atoms with Crippen LogP contribution >= 0.6 is 0 Å². The Balaban J connectivity index is 1.27. The van der Waals surface area contributed by atoms with Gasteiger partial charge < -0.3 is 9.42 Å². The predicted molar refractivity (Wildman–Crippen MR) is 93.4 cm³/mol. The standard InChI is InChI=1S/C19H18FN5O3/c1-10-16(23-28-22-10)8-17(26)25-9-12-6-14(25)7-15(12)19-21-18(24-27-19)11-2-4-13(20)5-3-11/h2-5,12,14-15H,6-9H2,1H3. The molecule has 2 bridgehead atoms. The number of amides is 1. The topological polar surface area (TPSA) is 98.2 Å². The van der Waals surface area contributed by atoms with E-state index in [-0.39, 0.29) is 30.1 Å². The zero-order chi connectivity index (χ0) is 19.3. The number of nitrogens with zero attached hydrogens (tertiary/aromatic N) is 5. The normalized spacial score (nSPS) is 23.5. The Kier molecular flexibility index (Phi) is 3.96. The molecule has 0 spiro atoms. The highest BCUT2D eigenvalue weighted by Crippen LogP contribution is 2.47. The van der Waals surface area contributed by atoms with Gasteiger partial charge in [-0.25, -0.2) is 9.02 Å². The summed E-state index contributed by atoms with van der Waals surface area (Å²) in [5, 5.41) is 11.6. The van der Waals surface area contributed by atoms with Crippen LogP contribution in [0.15, 0.2) is 33.4 Å². The zero-order valence-electron chi connectivity index (χ0n) is 15.2. The highest BCUT2D eigenvalue weighted by Gasteiger charge is 2.49. The van der Waals surface area contributed by atoms with Crippen molar-refractivity contribution in [2.45, 2.75) is 38.1 Å². The first-order chi connectivity index (χ1) is 13.6. The van der Waals surface area contributed by atoms with Gasteiger partial charge in [-0.3, -0.25) is 4.79 Å². The molecular formula is C19H18FN5O3. The van der Waals surface area contributed by atoms with Gasteiger partial charge in [-0.05, 0) is 49.9 Å². The Labute approximate surface area is 159 Å². The number of aryl methyl sites for hydroxylation is 1. The molecule has 8 nitrogen and oxygen atoms in total. The predicted octanol–water partition coefficient (Wildman–Crippen LogP) is 2.51. The minimum Gasteiger partial charge on any atom is -0.339 e. The average Bonchev–Trinajstić information content (AvgIpc) is 3.46. The Morgan fingerprint density at radius 3 is 2.71 bits per heavy atom. The molecule has 3 aromatic rings. The summed E-state index contributed by atoms with van der Waals surface area (Å²) < 4.78 is 23.3. The van der Waals surface area contributed by atoms with E-state index < -0.39 is 0 Å². The monoisotopic (exact) mass is 383 g/mol. The summed E-state index contributed by atoms with van der Waals surface area (Å²) >= 11 is 0. The highest BCUT2D eigenvalue weighted by atomic mass is 19.1. The molecule has 2 aromatic heterocycles. The highest BCUT2D eigenvalue weighted by molar-refractivity contribution is 5.79. The van der Waals surface area contributed by atoms with Crippen molar-refractivity contribution in [3.8, 4) is 11.4 Å². The maximum atomic E-state index is 13.1. The molecule has 3 atom stereocenters. The van der Waals surface area contributed by atoms with Gasteiger partial charge in [0.05, 0.1) is 6.42 Å². The molecule has 1 saturated heterocycles. The summed E-state index contributed by atoms with van der Waals surface area (Å²) in [4.78, 5) is 19.1. The molecule has 2 fully saturated rings. The van der Waals surface area contributed by atoms with Crippen LogP contribution < -0.4 is 0 Å². The summed E-state index contributed by atoms with van der Waals surface area (Å²) in [5.41, 5.74) is 1.95. The fourth-order valence-electron chi connectivity index (χ4n) is 4.32. The van der Waals surface area contributed by atoms with Gasteiger partial charge in [0, 0.05) is 24.1 Å². The van der Waals surface area contributed by atoms with Gasteiger partial charge in [-0.15, -0.1) is 0 Å². The number of aromatic nitrogens is 4. The minimum absolute atomic E-state index is 0.0438. The van der Waals surface area contributed by atoms with Crippen LogP contribution in [0, 0.1) is 18.7 Å². The van der Waals surface area contributed by atoms with Crippen LogP contribution in [0.5, 0.6) is 0 Å². The third kappa shape index (κ3) is 2.87. The quantitative estimate of drug-likeness (QED) is 0.683. The van der Waals surface area contributed by atoms with Gasteiger partial charge in [0.1, 0.15) is 17.2 Å². The number of likely N-dealkylation sites (tertiary alicyclic amines) is 1. The van der Waals surface area contributed by atoms with Crippen molar-refractivity contribution in [1.29, 1.82) is 0 Å². The molecule has 2 aliphatic rings. The lowest BCUT2D eigenvalue weighted by Crippen LogP contribution is -2.40. The van der Waals surface area contributed by atoms with Crippen molar-refractivity contribution >= 4 is 5.91 Å². The molecule has 3 unspecified atom stereocenters. The van der Waals surface area contributed by atoms with E-state index in [0.29, 0.717) is 41.1 Å². The Morgan fingerprint density at radius 2 is 2.04 bits per heavy atom. The number of hydrogen-bond acceptors (Lipinski definition) is 7. The van der Waals surface area contributed by atoms with Crippen LogP contribution in [0.4, 0.5) is 4.39 Å². The lowest BCUT2D eigenvalue weighted by Gasteiger charge is -2.30. The number of fused-ring (bicyclic) bond motifs is 2. The molecule has 3 heterocycles. The molecule has 0 radical (unpaired) electrons. The van der Waals surface area contributed by atoms with Gasteiger partial charge in [0.25, 0.3) is 0 Å². The van der Waals surface area contributed by atoms with Crippen molar-refractivity contribution < 1.29 is 18.3 Å². The van der Waals surface area contributed by atoms with Gasteiger partial charge >= 0.3 is 0 Å². The molecule has 28 heavy (non-hydrogen) atoms. The Morgan fingerprint density at radius 1 is 1.21 bits per heavy atom. The van der Waals surface area contributed by atoms with E-state index in [1.807, 2.05) is 4.90 Å². The van der Waals surface area contributed by atoms with Crippen molar-refractivity contribution in [3.63, 3.8) is 0 Å². The number of rotatable bonds is 4. The average molecular weight is 383 g/mol. The summed E-state index contributed by atoms with van der Waals surface area (Å²) in [5.74, 6) is 1.23. The number of carbonyl (C=O) groups is 1. The summed E-state index contributed by atoms with van der Waals surface area (Å²) in [7, 11) is 0. The first-order valence-corrected chi connectivity index (χ1v) is 9.25. The van der Waals surface area contributed by atoms with Crippen LogP contribution in [0.25, 0.3) is 11.4 Å². The second-order valence-corrected chi connectivity index (χ2v) is 7.47. The van der Waals surface area contributed by atoms with Crippen LogP contribution in [-0.2, 0) is 11.2 Å². The third-order valence-electron chi connectivity index (χ3n) is 5.79. The molecule has 144 valence electrons. The number of benzene rings is 1. The molecule has 1 aromatic carbocycles. The molecule has 1 amide bonds. The van der Waals surface area contributed by atoms with Crippen molar-refractivity contribution in [2.75, 3.05) is 6.54 Å². The van der Waals surface area contributed by atoms with Gasteiger partial charge in [-0.1, -0.05) is 15.5 Å². The van der Waals surface area contributed by atoms with E-state index in [9.17, 15) is 9.18 Å². The Bertz CT molecular complexity index is 1010. The fourth-order valence-corrected chi connectivity index (χ4v) is 4.32. The van der Waals surface area contributed by atoms with Crippen molar-refractivity contribution in [3.05, 3.63) is 47.4 Å². The minimum atomic E-state index is -0.304. The fraction of sp³-hybridized carbons (Fsp3) is 0.421. The lowest BCUT2D eigenvalue weighted by atomic mass is 9.94. The molecule has 5 rings (SSSR count). The third-order valence-corrected chi connectivity index (χ3v) is 5.79. The van der Waals surface area contributed by atoms with E-state index in [1.54, 1.807) is 19.1 Å². The largest absolute Gasteiger partial charge is 0.339 e. The molecule has 0 N–H and O–H groups in total. The SMILES string of the molecule is Cc1nonc1CC(=O)N1CC2CC1CC2c1nc(-c2ccc(F)cc2)no1. The van der Waals surface area contributed by atoms with Gasteiger partial charge in [0.2, 0.25) is 17.6 Å². The maximum Gasteiger partial charge on any atom is 0.230 e. The van der Waals surface area contributed by atoms with Crippen LogP contribution in [-0.4, -0.2) is 43.8 Å². The van der Waals surface area contributed by atoms with Crippen LogP contribution in [0.3, 0.4) is 0 Å². The Hall–Kier alpha value is -3.10. The molecular weight excluding hydrogens is 365 g/mol. The molecule has 1 aliphatic heterocycles. The number of halogens is 1. The van der Waals surface area contributed by atoms with Gasteiger partial charge in [-0.2, -0.15) is 4.98 Å². The van der Waals surface area contributed by atoms with E-state index in [1.165, 1.54) is 12.1 Å². The number of piperidine rings is 1. The smallest absolute Gasteiger partial charge is 0.230 e. The first-order valence-electron chi connectivity index (χ1n) is 9.25. The van der Waals surface area contributed by atoms with Crippen molar-refractivity contribution in [2.24, 2.45) is 5.92 Å². The zero-order valence-corrected chi connectivity index (χ0v) is 15.2. The van der Waals surface area contributed by atoms with E-state index in [0.717, 1.165) is 12.8 Å². The maximum absolute atomic E-state index is 13.1.